The van der Waals surface area contributed by atoms with Crippen molar-refractivity contribution in [3.8, 4) is 22.6 Å². The van der Waals surface area contributed by atoms with Gasteiger partial charge in [-0.05, 0) is 142 Å². The van der Waals surface area contributed by atoms with E-state index in [4.69, 9.17) is 9.40 Å². The Labute approximate surface area is 413 Å². The van der Waals surface area contributed by atoms with Gasteiger partial charge in [0.2, 0.25) is 5.89 Å². The Morgan fingerprint density at radius 2 is 0.873 bits per heavy atom. The molecule has 0 atom stereocenters. The van der Waals surface area contributed by atoms with Gasteiger partial charge in [-0.25, -0.2) is 4.98 Å². The maximum Gasteiger partial charge on any atom is 0.227 e. The van der Waals surface area contributed by atoms with Crippen LogP contribution < -0.4 is 14.7 Å². The summed E-state index contributed by atoms with van der Waals surface area (Å²) in [5.74, 6) is 0.614. The van der Waals surface area contributed by atoms with Crippen molar-refractivity contribution in [1.82, 2.24) is 4.98 Å². The summed E-state index contributed by atoms with van der Waals surface area (Å²) in [5.41, 5.74) is 17.0. The van der Waals surface area contributed by atoms with Crippen molar-refractivity contribution in [1.29, 1.82) is 0 Å². The third-order valence-electron chi connectivity index (χ3n) is 14.2. The summed E-state index contributed by atoms with van der Waals surface area (Å²) in [6.45, 7) is 4.74. The molecule has 11 aromatic carbocycles. The molecule has 12 aromatic rings. The van der Waals surface area contributed by atoms with Gasteiger partial charge >= 0.3 is 0 Å². The fourth-order valence-electron chi connectivity index (χ4n) is 10.8. The van der Waals surface area contributed by atoms with Crippen molar-refractivity contribution in [2.45, 2.75) is 19.3 Å². The van der Waals surface area contributed by atoms with Gasteiger partial charge in [0, 0.05) is 67.4 Å². The molecule has 0 radical (unpaired) electrons. The quantitative estimate of drug-likeness (QED) is 0.128. The second-order valence-electron chi connectivity index (χ2n) is 18.8. The molecule has 0 N–H and O–H groups in total. The minimum atomic E-state index is -0.273. The van der Waals surface area contributed by atoms with Crippen molar-refractivity contribution < 1.29 is 4.42 Å². The normalized spacial score (nSPS) is 12.5. The zero-order valence-corrected chi connectivity index (χ0v) is 39.4. The lowest BCUT2D eigenvalue weighted by molar-refractivity contribution is 0.623. The monoisotopic (exact) mass is 912 g/mol. The van der Waals surface area contributed by atoms with Gasteiger partial charge in [-0.2, -0.15) is 0 Å². The fourth-order valence-corrected chi connectivity index (χ4v) is 10.8. The van der Waals surface area contributed by atoms with E-state index in [2.05, 4.69) is 253 Å². The van der Waals surface area contributed by atoms with E-state index in [1.54, 1.807) is 0 Å². The van der Waals surface area contributed by atoms with E-state index in [-0.39, 0.29) is 5.41 Å². The van der Waals surface area contributed by atoms with Crippen LogP contribution in [0, 0.1) is 0 Å². The van der Waals surface area contributed by atoms with Crippen LogP contribution in [-0.2, 0) is 5.41 Å². The summed E-state index contributed by atoms with van der Waals surface area (Å²) in [5, 5.41) is 4.37. The van der Waals surface area contributed by atoms with Crippen molar-refractivity contribution in [2.75, 3.05) is 14.7 Å². The number of hydrogen-bond donors (Lipinski definition) is 0. The second-order valence-corrected chi connectivity index (χ2v) is 18.8. The highest BCUT2D eigenvalue weighted by Gasteiger charge is 2.39. The van der Waals surface area contributed by atoms with Crippen LogP contribution in [0.15, 0.2) is 259 Å². The van der Waals surface area contributed by atoms with Crippen LogP contribution >= 0.6 is 0 Å². The lowest BCUT2D eigenvalue weighted by atomic mass is 9.82. The molecular formula is C66H48N4O. The number of hydrogen-bond acceptors (Lipinski definition) is 5. The Hall–Kier alpha value is -9.19. The van der Waals surface area contributed by atoms with Crippen LogP contribution in [0.3, 0.4) is 0 Å². The summed E-state index contributed by atoms with van der Waals surface area (Å²) >= 11 is 0. The average Bonchev–Trinajstić information content (AvgIpc) is 3.97. The Morgan fingerprint density at radius 3 is 1.51 bits per heavy atom. The Kier molecular flexibility index (Phi) is 10.1. The topological polar surface area (TPSA) is 35.8 Å². The predicted octanol–water partition coefficient (Wildman–Crippen LogP) is 18.5. The average molecular weight is 913 g/mol. The van der Waals surface area contributed by atoms with Gasteiger partial charge in [0.25, 0.3) is 0 Å². The van der Waals surface area contributed by atoms with Crippen LogP contribution in [0.1, 0.15) is 25.0 Å². The maximum absolute atomic E-state index is 6.67. The zero-order chi connectivity index (χ0) is 47.5. The SMILES string of the molecule is CC1(C)c2ccccc2-c2c(N(c3ccccc3)c3ccccc3)cc(N(c3ccccc3)c3cccc(N(c4ccccc4)c4ccc5ccc6ccc7nc(-c8ccccc8)oc7c6c5c4)c3)cc21. The van der Waals surface area contributed by atoms with E-state index >= 15 is 0 Å². The molecule has 1 aromatic heterocycles. The number of rotatable bonds is 10. The molecule has 71 heavy (non-hydrogen) atoms. The first kappa shape index (κ1) is 42.0. The van der Waals surface area contributed by atoms with Crippen molar-refractivity contribution in [3.05, 3.63) is 266 Å². The number of nitrogens with zero attached hydrogens (tertiary/aromatic N) is 4. The molecular weight excluding hydrogens is 865 g/mol. The molecule has 0 unspecified atom stereocenters. The molecule has 0 aliphatic heterocycles. The first-order chi connectivity index (χ1) is 35.0. The summed E-state index contributed by atoms with van der Waals surface area (Å²) < 4.78 is 6.67. The van der Waals surface area contributed by atoms with Crippen LogP contribution in [0.2, 0.25) is 0 Å². The van der Waals surface area contributed by atoms with Gasteiger partial charge in [-0.15, -0.1) is 0 Å². The Morgan fingerprint density at radius 1 is 0.380 bits per heavy atom. The molecule has 0 bridgehead atoms. The Balaban J connectivity index is 1.02. The van der Waals surface area contributed by atoms with Crippen LogP contribution in [0.4, 0.5) is 51.2 Å². The van der Waals surface area contributed by atoms with Crippen molar-refractivity contribution >= 4 is 83.8 Å². The molecule has 1 aliphatic rings. The lowest BCUT2D eigenvalue weighted by Gasteiger charge is -2.33. The molecule has 5 nitrogen and oxygen atoms in total. The standard InChI is InChI=1S/C66H48N4O/c1-66(2)58-34-19-18-33-56(58)63-59(66)43-55(44-61(63)70(50-27-14-6-15-28-50)51-29-16-7-17-30-51)69(49-25-12-5-13-26-49)53-32-20-31-52(41-53)68(48-23-10-4-11-24-48)54-39-37-45-35-36-46-38-40-60-64(62(46)57(45)42-54)71-65(67-60)47-21-8-3-9-22-47/h3-44H,1-2H3. The van der Waals surface area contributed by atoms with E-state index in [0.717, 1.165) is 89.4 Å². The number of oxazole rings is 1. The first-order valence-electron chi connectivity index (χ1n) is 24.3. The smallest absolute Gasteiger partial charge is 0.227 e. The third-order valence-corrected chi connectivity index (χ3v) is 14.2. The number of aromatic nitrogens is 1. The molecule has 0 saturated carbocycles. The Bertz CT molecular complexity index is 3870. The number of para-hydroxylation sites is 4. The minimum Gasteiger partial charge on any atom is -0.435 e. The van der Waals surface area contributed by atoms with Gasteiger partial charge < -0.3 is 19.1 Å². The fraction of sp³-hybridized carbons (Fsp3) is 0.0455. The van der Waals surface area contributed by atoms with E-state index in [1.807, 2.05) is 30.3 Å². The van der Waals surface area contributed by atoms with Gasteiger partial charge in [0.1, 0.15) is 5.52 Å². The van der Waals surface area contributed by atoms with Gasteiger partial charge in [-0.3, -0.25) is 0 Å². The molecule has 0 spiro atoms. The molecule has 0 amide bonds. The molecule has 338 valence electrons. The molecule has 13 rings (SSSR count). The van der Waals surface area contributed by atoms with Gasteiger partial charge in [0.05, 0.1) is 5.69 Å². The van der Waals surface area contributed by atoms with Crippen molar-refractivity contribution in [3.63, 3.8) is 0 Å². The van der Waals surface area contributed by atoms with Crippen LogP contribution in [0.25, 0.3) is 55.2 Å². The summed E-state index contributed by atoms with van der Waals surface area (Å²) in [6, 6.07) is 91.2. The van der Waals surface area contributed by atoms with E-state index in [9.17, 15) is 0 Å². The van der Waals surface area contributed by atoms with E-state index in [1.165, 1.54) is 22.3 Å². The van der Waals surface area contributed by atoms with Crippen molar-refractivity contribution in [2.24, 2.45) is 0 Å². The lowest BCUT2D eigenvalue weighted by Crippen LogP contribution is -2.18. The highest BCUT2D eigenvalue weighted by atomic mass is 16.3. The van der Waals surface area contributed by atoms with Crippen LogP contribution in [0.5, 0.6) is 0 Å². The third kappa shape index (κ3) is 7.21. The molecule has 0 saturated heterocycles. The number of anilines is 9. The predicted molar refractivity (Wildman–Crippen MR) is 296 cm³/mol. The minimum absolute atomic E-state index is 0.273. The largest absolute Gasteiger partial charge is 0.435 e. The molecule has 1 heterocycles. The van der Waals surface area contributed by atoms with Crippen LogP contribution in [-0.4, -0.2) is 4.98 Å². The number of fused-ring (bicyclic) bond motifs is 8. The van der Waals surface area contributed by atoms with E-state index < -0.39 is 0 Å². The zero-order valence-electron chi connectivity index (χ0n) is 39.4. The summed E-state index contributed by atoms with van der Waals surface area (Å²) in [4.78, 5) is 12.2. The highest BCUT2D eigenvalue weighted by Crippen LogP contribution is 2.57. The first-order valence-corrected chi connectivity index (χ1v) is 24.3. The maximum atomic E-state index is 6.67. The number of benzene rings is 11. The van der Waals surface area contributed by atoms with Gasteiger partial charge in [0.15, 0.2) is 5.58 Å². The summed E-state index contributed by atoms with van der Waals surface area (Å²) in [7, 11) is 0. The highest BCUT2D eigenvalue weighted by molar-refractivity contribution is 6.18. The second kappa shape index (κ2) is 17.1. The van der Waals surface area contributed by atoms with E-state index in [0.29, 0.717) is 5.89 Å². The molecule has 0 fully saturated rings. The molecule has 5 heteroatoms. The summed E-state index contributed by atoms with van der Waals surface area (Å²) in [6.07, 6.45) is 0. The van der Waals surface area contributed by atoms with Gasteiger partial charge in [-0.1, -0.05) is 159 Å². The molecule has 1 aliphatic carbocycles.